The van der Waals surface area contributed by atoms with E-state index in [2.05, 4.69) is 5.32 Å². The molecule has 0 aromatic heterocycles. The molecule has 0 aromatic rings. The first-order chi connectivity index (χ1) is 5.22. The van der Waals surface area contributed by atoms with Gasteiger partial charge in [-0.25, -0.2) is 5.11 Å². The van der Waals surface area contributed by atoms with Gasteiger partial charge in [0.2, 0.25) is 0 Å². The van der Waals surface area contributed by atoms with Gasteiger partial charge in [-0.2, -0.15) is 0 Å². The number of Topliss-reactive ketones (excluding diaryl/α,β-unsaturated/α-hetero) is 1. The summed E-state index contributed by atoms with van der Waals surface area (Å²) < 4.78 is 5.09. The van der Waals surface area contributed by atoms with E-state index in [9.17, 15) is 9.90 Å². The minimum atomic E-state index is -1.17. The highest BCUT2D eigenvalue weighted by molar-refractivity contribution is 5.87. The monoisotopic (exact) mass is 158 g/mol. The van der Waals surface area contributed by atoms with Gasteiger partial charge in [0.25, 0.3) is 0 Å². The molecule has 1 aliphatic heterocycles. The Labute approximate surface area is 65.5 Å². The van der Waals surface area contributed by atoms with Gasteiger partial charge >= 0.3 is 0 Å². The summed E-state index contributed by atoms with van der Waals surface area (Å²) in [7, 11) is 0. The summed E-state index contributed by atoms with van der Waals surface area (Å²) >= 11 is 0. The predicted molar refractivity (Wildman–Crippen MR) is 37.8 cm³/mol. The van der Waals surface area contributed by atoms with Gasteiger partial charge in [0.1, 0.15) is 6.10 Å². The number of nitrogens with one attached hydrogen (secondary N) is 1. The Kier molecular flexibility index (Phi) is 2.99. The summed E-state index contributed by atoms with van der Waals surface area (Å²) in [4.78, 5) is 11.0. The SMILES string of the molecule is CC([O])C(=O)C1CNCCO1. The molecule has 1 aliphatic rings. The van der Waals surface area contributed by atoms with Crippen LogP contribution in [0, 0.1) is 0 Å². The second-order valence-corrected chi connectivity index (χ2v) is 2.61. The third-order valence-electron chi connectivity index (χ3n) is 1.65. The Morgan fingerprint density at radius 2 is 2.45 bits per heavy atom. The third kappa shape index (κ3) is 2.25. The molecule has 1 saturated heterocycles. The number of ether oxygens (including phenoxy) is 1. The fourth-order valence-electron chi connectivity index (χ4n) is 1.01. The van der Waals surface area contributed by atoms with Crippen molar-refractivity contribution < 1.29 is 14.6 Å². The number of morpholine rings is 1. The number of carbonyl (C=O) groups excluding carboxylic acids is 1. The van der Waals surface area contributed by atoms with Crippen molar-refractivity contribution in [3.05, 3.63) is 0 Å². The van der Waals surface area contributed by atoms with E-state index < -0.39 is 12.2 Å². The molecule has 0 spiro atoms. The molecule has 2 atom stereocenters. The zero-order chi connectivity index (χ0) is 8.27. The van der Waals surface area contributed by atoms with Gasteiger partial charge in [0, 0.05) is 13.1 Å². The quantitative estimate of drug-likeness (QED) is 0.581. The molecule has 0 aliphatic carbocycles. The number of rotatable bonds is 2. The largest absolute Gasteiger partial charge is 0.368 e. The minimum Gasteiger partial charge on any atom is -0.368 e. The van der Waals surface area contributed by atoms with Crippen molar-refractivity contribution in [1.82, 2.24) is 5.32 Å². The Balaban J connectivity index is 2.39. The van der Waals surface area contributed by atoms with Crippen molar-refractivity contribution in [3.8, 4) is 0 Å². The number of ketones is 1. The predicted octanol–water partition coefficient (Wildman–Crippen LogP) is -0.637. The first-order valence-corrected chi connectivity index (χ1v) is 3.73. The Morgan fingerprint density at radius 1 is 1.73 bits per heavy atom. The Bertz CT molecular complexity index is 141. The summed E-state index contributed by atoms with van der Waals surface area (Å²) in [6.07, 6.45) is -1.68. The molecule has 1 heterocycles. The van der Waals surface area contributed by atoms with E-state index in [4.69, 9.17) is 4.74 Å². The van der Waals surface area contributed by atoms with E-state index in [1.165, 1.54) is 6.92 Å². The summed E-state index contributed by atoms with van der Waals surface area (Å²) in [6, 6.07) is 0. The van der Waals surface area contributed by atoms with Crippen LogP contribution in [0.4, 0.5) is 0 Å². The molecule has 1 radical (unpaired) electrons. The Morgan fingerprint density at radius 3 is 2.91 bits per heavy atom. The molecule has 1 N–H and O–H groups in total. The molecule has 0 saturated carbocycles. The van der Waals surface area contributed by atoms with Gasteiger partial charge in [0.05, 0.1) is 6.61 Å². The van der Waals surface area contributed by atoms with Gasteiger partial charge in [-0.3, -0.25) is 4.79 Å². The summed E-state index contributed by atoms with van der Waals surface area (Å²) in [5.41, 5.74) is 0. The molecule has 11 heavy (non-hydrogen) atoms. The van der Waals surface area contributed by atoms with Crippen molar-refractivity contribution in [2.75, 3.05) is 19.7 Å². The summed E-state index contributed by atoms with van der Waals surface area (Å²) in [5, 5.41) is 13.7. The number of hydrogen-bond acceptors (Lipinski definition) is 3. The van der Waals surface area contributed by atoms with Crippen molar-refractivity contribution >= 4 is 5.78 Å². The van der Waals surface area contributed by atoms with E-state index in [-0.39, 0.29) is 5.78 Å². The van der Waals surface area contributed by atoms with Crippen LogP contribution in [-0.2, 0) is 14.6 Å². The van der Waals surface area contributed by atoms with E-state index in [0.717, 1.165) is 6.54 Å². The number of carbonyl (C=O) groups is 1. The molecule has 4 nitrogen and oxygen atoms in total. The molecular weight excluding hydrogens is 146 g/mol. The van der Waals surface area contributed by atoms with Crippen molar-refractivity contribution in [2.24, 2.45) is 0 Å². The zero-order valence-electron chi connectivity index (χ0n) is 6.50. The van der Waals surface area contributed by atoms with Gasteiger partial charge in [-0.15, -0.1) is 0 Å². The van der Waals surface area contributed by atoms with E-state index in [1.807, 2.05) is 0 Å². The lowest BCUT2D eigenvalue weighted by molar-refractivity contribution is -0.142. The van der Waals surface area contributed by atoms with Gasteiger partial charge < -0.3 is 10.1 Å². The first kappa shape index (κ1) is 8.64. The first-order valence-electron chi connectivity index (χ1n) is 3.73. The lowest BCUT2D eigenvalue weighted by Crippen LogP contribution is -2.45. The van der Waals surface area contributed by atoms with E-state index in [1.54, 1.807) is 0 Å². The molecule has 1 fully saturated rings. The van der Waals surface area contributed by atoms with Crippen molar-refractivity contribution in [1.29, 1.82) is 0 Å². The molecule has 0 aromatic carbocycles. The molecule has 4 heteroatoms. The molecule has 0 bridgehead atoms. The Hall–Kier alpha value is -0.450. The summed E-state index contributed by atoms with van der Waals surface area (Å²) in [5.74, 6) is -0.350. The maximum atomic E-state index is 11.0. The molecule has 63 valence electrons. The molecule has 1 rings (SSSR count). The average molecular weight is 158 g/mol. The minimum absolute atomic E-state index is 0.350. The third-order valence-corrected chi connectivity index (χ3v) is 1.65. The maximum Gasteiger partial charge on any atom is 0.194 e. The second kappa shape index (κ2) is 3.80. The smallest absolute Gasteiger partial charge is 0.194 e. The molecule has 0 amide bonds. The topological polar surface area (TPSA) is 58.2 Å². The van der Waals surface area contributed by atoms with Crippen LogP contribution in [0.15, 0.2) is 0 Å². The number of hydrogen-bond donors (Lipinski definition) is 1. The van der Waals surface area contributed by atoms with Gasteiger partial charge in [0.15, 0.2) is 11.9 Å². The van der Waals surface area contributed by atoms with Crippen molar-refractivity contribution in [2.45, 2.75) is 19.1 Å². The lowest BCUT2D eigenvalue weighted by atomic mass is 10.1. The normalized spacial score (nSPS) is 28.0. The highest BCUT2D eigenvalue weighted by Gasteiger charge is 2.25. The van der Waals surface area contributed by atoms with E-state index in [0.29, 0.717) is 13.2 Å². The second-order valence-electron chi connectivity index (χ2n) is 2.61. The van der Waals surface area contributed by atoms with Crippen molar-refractivity contribution in [3.63, 3.8) is 0 Å². The summed E-state index contributed by atoms with van der Waals surface area (Å²) in [6.45, 7) is 3.10. The highest BCUT2D eigenvalue weighted by atomic mass is 16.5. The zero-order valence-corrected chi connectivity index (χ0v) is 6.50. The van der Waals surface area contributed by atoms with Crippen LogP contribution in [0.25, 0.3) is 0 Å². The van der Waals surface area contributed by atoms with Crippen LogP contribution in [0.2, 0.25) is 0 Å². The molecule has 2 unspecified atom stereocenters. The fourth-order valence-corrected chi connectivity index (χ4v) is 1.01. The van der Waals surface area contributed by atoms with Crippen LogP contribution >= 0.6 is 0 Å². The standard InChI is InChI=1S/C7H12NO3/c1-5(9)7(10)6-4-8-2-3-11-6/h5-6,8H,2-4H2,1H3. The lowest BCUT2D eigenvalue weighted by Gasteiger charge is -2.22. The molecular formula is C7H12NO3. The van der Waals surface area contributed by atoms with Crippen LogP contribution in [0.3, 0.4) is 0 Å². The van der Waals surface area contributed by atoms with Crippen LogP contribution in [0.1, 0.15) is 6.92 Å². The highest BCUT2D eigenvalue weighted by Crippen LogP contribution is 2.00. The van der Waals surface area contributed by atoms with Gasteiger partial charge in [-0.1, -0.05) is 0 Å². The maximum absolute atomic E-state index is 11.0. The average Bonchev–Trinajstić information content (AvgIpc) is 2.05. The fraction of sp³-hybridized carbons (Fsp3) is 0.857. The van der Waals surface area contributed by atoms with Crippen LogP contribution in [0.5, 0.6) is 0 Å². The van der Waals surface area contributed by atoms with Gasteiger partial charge in [-0.05, 0) is 6.92 Å². The van der Waals surface area contributed by atoms with Crippen LogP contribution < -0.4 is 5.32 Å². The van der Waals surface area contributed by atoms with E-state index >= 15 is 0 Å². The van der Waals surface area contributed by atoms with Crippen LogP contribution in [-0.4, -0.2) is 37.7 Å².